The molecule has 2 atom stereocenters. The highest BCUT2D eigenvalue weighted by atomic mass is 79.9. The number of ether oxygens (including phenoxy) is 1. The minimum atomic E-state index is 0.0306. The van der Waals surface area contributed by atoms with Crippen molar-refractivity contribution >= 4 is 21.8 Å². The molecule has 1 fully saturated rings. The van der Waals surface area contributed by atoms with Crippen molar-refractivity contribution in [2.45, 2.75) is 19.4 Å². The molecule has 18 heavy (non-hydrogen) atoms. The minimum Gasteiger partial charge on any atom is -0.494 e. The van der Waals surface area contributed by atoms with Gasteiger partial charge in [-0.15, -0.1) is 0 Å². The SMILES string of the molecule is COc1cnccc1C(=O)N1CCC(C)C1CBr. The van der Waals surface area contributed by atoms with Crippen LogP contribution in [0, 0.1) is 5.92 Å². The molecule has 0 saturated carbocycles. The summed E-state index contributed by atoms with van der Waals surface area (Å²) in [6.07, 6.45) is 4.25. The molecule has 0 aliphatic carbocycles. The first-order valence-electron chi connectivity index (χ1n) is 6.04. The van der Waals surface area contributed by atoms with E-state index in [1.54, 1.807) is 25.6 Å². The zero-order valence-electron chi connectivity index (χ0n) is 10.6. The largest absolute Gasteiger partial charge is 0.494 e. The van der Waals surface area contributed by atoms with Crippen LogP contribution in [-0.4, -0.2) is 40.8 Å². The third kappa shape index (κ3) is 2.36. The van der Waals surface area contributed by atoms with Crippen LogP contribution >= 0.6 is 15.9 Å². The number of hydrogen-bond donors (Lipinski definition) is 0. The van der Waals surface area contributed by atoms with Gasteiger partial charge in [-0.25, -0.2) is 0 Å². The Morgan fingerprint density at radius 2 is 2.44 bits per heavy atom. The number of aromatic nitrogens is 1. The lowest BCUT2D eigenvalue weighted by molar-refractivity contribution is 0.0735. The second kappa shape index (κ2) is 5.69. The zero-order valence-corrected chi connectivity index (χ0v) is 12.2. The molecule has 0 bridgehead atoms. The molecular weight excluding hydrogens is 296 g/mol. The maximum absolute atomic E-state index is 12.5. The molecule has 2 heterocycles. The van der Waals surface area contributed by atoms with Crippen LogP contribution in [0.15, 0.2) is 18.5 Å². The summed E-state index contributed by atoms with van der Waals surface area (Å²) in [6.45, 7) is 2.99. The number of rotatable bonds is 3. The van der Waals surface area contributed by atoms with Gasteiger partial charge in [0.25, 0.3) is 5.91 Å². The van der Waals surface area contributed by atoms with Crippen LogP contribution in [0.3, 0.4) is 0 Å². The van der Waals surface area contributed by atoms with Crippen LogP contribution in [0.1, 0.15) is 23.7 Å². The minimum absolute atomic E-state index is 0.0306. The van der Waals surface area contributed by atoms with Gasteiger partial charge in [0.15, 0.2) is 0 Å². The Morgan fingerprint density at radius 3 is 3.11 bits per heavy atom. The fourth-order valence-corrected chi connectivity index (χ4v) is 3.36. The van der Waals surface area contributed by atoms with Crippen LogP contribution in [-0.2, 0) is 0 Å². The van der Waals surface area contributed by atoms with Gasteiger partial charge in [-0.3, -0.25) is 9.78 Å². The molecule has 0 spiro atoms. The highest BCUT2D eigenvalue weighted by molar-refractivity contribution is 9.09. The fourth-order valence-electron chi connectivity index (χ4n) is 2.37. The van der Waals surface area contributed by atoms with E-state index in [0.717, 1.165) is 18.3 Å². The summed E-state index contributed by atoms with van der Waals surface area (Å²) in [7, 11) is 1.56. The number of nitrogens with zero attached hydrogens (tertiary/aromatic N) is 2. The summed E-state index contributed by atoms with van der Waals surface area (Å²) in [4.78, 5) is 18.4. The molecule has 98 valence electrons. The Balaban J connectivity index is 2.26. The second-order valence-corrected chi connectivity index (χ2v) is 5.21. The van der Waals surface area contributed by atoms with Gasteiger partial charge >= 0.3 is 0 Å². The van der Waals surface area contributed by atoms with Crippen molar-refractivity contribution in [3.05, 3.63) is 24.0 Å². The van der Waals surface area contributed by atoms with Gasteiger partial charge in [-0.1, -0.05) is 22.9 Å². The molecule has 0 aromatic carbocycles. The van der Waals surface area contributed by atoms with Gasteiger partial charge in [-0.2, -0.15) is 0 Å². The van der Waals surface area contributed by atoms with E-state index in [9.17, 15) is 4.79 Å². The van der Waals surface area contributed by atoms with Gasteiger partial charge in [0, 0.05) is 24.1 Å². The average molecular weight is 313 g/mol. The predicted molar refractivity (Wildman–Crippen MR) is 73.2 cm³/mol. The summed E-state index contributed by atoms with van der Waals surface area (Å²) < 4.78 is 5.20. The highest BCUT2D eigenvalue weighted by Gasteiger charge is 2.34. The van der Waals surface area contributed by atoms with Crippen molar-refractivity contribution in [1.82, 2.24) is 9.88 Å². The Kier molecular flexibility index (Phi) is 4.22. The van der Waals surface area contributed by atoms with Gasteiger partial charge in [-0.05, 0) is 18.4 Å². The summed E-state index contributed by atoms with van der Waals surface area (Å²) in [5.41, 5.74) is 0.590. The number of hydrogen-bond acceptors (Lipinski definition) is 3. The standard InChI is InChI=1S/C13H17BrN2O2/c1-9-4-6-16(11(9)7-14)13(17)10-3-5-15-8-12(10)18-2/h3,5,8-9,11H,4,6-7H2,1-2H3. The molecule has 1 aliphatic rings. The molecule has 2 unspecified atom stereocenters. The Labute approximate surface area is 115 Å². The number of carbonyl (C=O) groups excluding carboxylic acids is 1. The molecule has 0 radical (unpaired) electrons. The topological polar surface area (TPSA) is 42.4 Å². The van der Waals surface area contributed by atoms with Crippen molar-refractivity contribution in [1.29, 1.82) is 0 Å². The lowest BCUT2D eigenvalue weighted by Crippen LogP contribution is -2.38. The fraction of sp³-hybridized carbons (Fsp3) is 0.538. The number of halogens is 1. The molecule has 1 aliphatic heterocycles. The Bertz CT molecular complexity index is 439. The molecule has 1 saturated heterocycles. The Hall–Kier alpha value is -1.10. The first kappa shape index (κ1) is 13.3. The van der Waals surface area contributed by atoms with E-state index in [1.807, 2.05) is 4.90 Å². The highest BCUT2D eigenvalue weighted by Crippen LogP contribution is 2.28. The maximum Gasteiger partial charge on any atom is 0.258 e. The van der Waals surface area contributed by atoms with Crippen LogP contribution in [0.25, 0.3) is 0 Å². The average Bonchev–Trinajstić information content (AvgIpc) is 2.78. The number of amides is 1. The summed E-state index contributed by atoms with van der Waals surface area (Å²) in [5, 5.41) is 0.813. The molecule has 4 nitrogen and oxygen atoms in total. The number of pyridine rings is 1. The summed E-state index contributed by atoms with van der Waals surface area (Å²) >= 11 is 3.50. The first-order chi connectivity index (χ1) is 8.69. The van der Waals surface area contributed by atoms with Crippen LogP contribution < -0.4 is 4.74 Å². The van der Waals surface area contributed by atoms with Crippen molar-refractivity contribution in [3.63, 3.8) is 0 Å². The first-order valence-corrected chi connectivity index (χ1v) is 7.16. The molecule has 1 aromatic heterocycles. The third-order valence-corrected chi connectivity index (χ3v) is 4.20. The molecule has 0 N–H and O–H groups in total. The zero-order chi connectivity index (χ0) is 13.1. The number of likely N-dealkylation sites (tertiary alicyclic amines) is 1. The summed E-state index contributed by atoms with van der Waals surface area (Å²) in [5.74, 6) is 1.10. The Morgan fingerprint density at radius 1 is 1.67 bits per heavy atom. The normalized spacial score (nSPS) is 23.2. The van der Waals surface area contributed by atoms with Gasteiger partial charge in [0.05, 0.1) is 18.9 Å². The number of alkyl halides is 1. The van der Waals surface area contributed by atoms with Crippen LogP contribution in [0.4, 0.5) is 0 Å². The molecule has 1 amide bonds. The monoisotopic (exact) mass is 312 g/mol. The van der Waals surface area contributed by atoms with Gasteiger partial charge in [0.2, 0.25) is 0 Å². The van der Waals surface area contributed by atoms with Crippen LogP contribution in [0.5, 0.6) is 5.75 Å². The lowest BCUT2D eigenvalue weighted by atomic mass is 10.0. The molecule has 1 aromatic rings. The summed E-state index contributed by atoms with van der Waals surface area (Å²) in [6, 6.07) is 1.98. The van der Waals surface area contributed by atoms with Crippen molar-refractivity contribution in [2.24, 2.45) is 5.92 Å². The van der Waals surface area contributed by atoms with E-state index in [1.165, 1.54) is 0 Å². The van der Waals surface area contributed by atoms with E-state index in [0.29, 0.717) is 17.2 Å². The van der Waals surface area contributed by atoms with Crippen LogP contribution in [0.2, 0.25) is 0 Å². The van der Waals surface area contributed by atoms with Gasteiger partial charge < -0.3 is 9.64 Å². The molecular formula is C13H17BrN2O2. The van der Waals surface area contributed by atoms with Crippen molar-refractivity contribution in [2.75, 3.05) is 19.0 Å². The van der Waals surface area contributed by atoms with E-state index < -0.39 is 0 Å². The van der Waals surface area contributed by atoms with Crippen molar-refractivity contribution in [3.8, 4) is 5.75 Å². The maximum atomic E-state index is 12.5. The third-order valence-electron chi connectivity index (χ3n) is 3.54. The van der Waals surface area contributed by atoms with E-state index in [4.69, 9.17) is 4.74 Å². The molecule has 5 heteroatoms. The van der Waals surface area contributed by atoms with E-state index in [-0.39, 0.29) is 11.9 Å². The number of carbonyl (C=O) groups is 1. The molecule has 2 rings (SSSR count). The van der Waals surface area contributed by atoms with E-state index >= 15 is 0 Å². The lowest BCUT2D eigenvalue weighted by Gasteiger charge is -2.25. The quantitative estimate of drug-likeness (QED) is 0.805. The predicted octanol–water partition coefficient (Wildman–Crippen LogP) is 2.34. The smallest absolute Gasteiger partial charge is 0.258 e. The second-order valence-electron chi connectivity index (χ2n) is 4.56. The number of methoxy groups -OCH3 is 1. The van der Waals surface area contributed by atoms with E-state index in [2.05, 4.69) is 27.8 Å². The van der Waals surface area contributed by atoms with Gasteiger partial charge in [0.1, 0.15) is 5.75 Å². The van der Waals surface area contributed by atoms with Crippen molar-refractivity contribution < 1.29 is 9.53 Å².